The molecule has 1 saturated heterocycles. The van der Waals surface area contributed by atoms with Crippen LogP contribution in [-0.2, 0) is 6.18 Å². The van der Waals surface area contributed by atoms with Crippen molar-refractivity contribution in [2.45, 2.75) is 25.1 Å². The maximum absolute atomic E-state index is 12.7. The van der Waals surface area contributed by atoms with E-state index in [2.05, 4.69) is 11.8 Å². The van der Waals surface area contributed by atoms with E-state index in [9.17, 15) is 23.1 Å². The molecule has 0 bridgehead atoms. The second kappa shape index (κ2) is 7.85. The Morgan fingerprint density at radius 2 is 1.63 bits per heavy atom. The third-order valence-corrected chi connectivity index (χ3v) is 4.42. The summed E-state index contributed by atoms with van der Waals surface area (Å²) in [5.41, 5.74) is 0.674. The minimum atomic E-state index is -4.40. The minimum Gasteiger partial charge on any atom is -0.393 e. The molecular weight excluding hydrogens is 355 g/mol. The molecule has 1 heterocycles. The molecule has 0 radical (unpaired) electrons. The van der Waals surface area contributed by atoms with Gasteiger partial charge in [-0.3, -0.25) is 4.79 Å². The highest BCUT2D eigenvalue weighted by molar-refractivity contribution is 5.94. The van der Waals surface area contributed by atoms with Gasteiger partial charge in [0.1, 0.15) is 0 Å². The number of aliphatic hydroxyl groups excluding tert-OH is 1. The fourth-order valence-corrected chi connectivity index (χ4v) is 2.87. The van der Waals surface area contributed by atoms with Crippen LogP contribution in [0.15, 0.2) is 48.5 Å². The van der Waals surface area contributed by atoms with E-state index < -0.39 is 11.7 Å². The number of likely N-dealkylation sites (tertiary alicyclic amines) is 1. The molecule has 0 unspecified atom stereocenters. The molecule has 1 N–H and O–H groups in total. The van der Waals surface area contributed by atoms with Gasteiger partial charge >= 0.3 is 6.18 Å². The van der Waals surface area contributed by atoms with Crippen molar-refractivity contribution < 1.29 is 23.1 Å². The van der Waals surface area contributed by atoms with Crippen LogP contribution in [0.5, 0.6) is 0 Å². The lowest BCUT2D eigenvalue weighted by molar-refractivity contribution is -0.137. The van der Waals surface area contributed by atoms with Crippen LogP contribution in [0.25, 0.3) is 0 Å². The largest absolute Gasteiger partial charge is 0.416 e. The summed E-state index contributed by atoms with van der Waals surface area (Å²) < 4.78 is 38.2. The molecule has 0 aliphatic carbocycles. The number of aliphatic hydroxyl groups is 1. The Balaban J connectivity index is 1.70. The zero-order valence-corrected chi connectivity index (χ0v) is 14.5. The van der Waals surface area contributed by atoms with Crippen LogP contribution in [0.2, 0.25) is 0 Å². The predicted octanol–water partition coefficient (Wildman–Crippen LogP) is 3.70. The van der Waals surface area contributed by atoms with E-state index in [-0.39, 0.29) is 17.6 Å². The van der Waals surface area contributed by atoms with Gasteiger partial charge in [0, 0.05) is 29.8 Å². The van der Waals surface area contributed by atoms with Gasteiger partial charge in [-0.25, -0.2) is 0 Å². The lowest BCUT2D eigenvalue weighted by Crippen LogP contribution is -2.40. The number of nitrogens with zero attached hydrogens (tertiary/aromatic N) is 1. The molecule has 1 amide bonds. The Morgan fingerprint density at radius 3 is 2.26 bits per heavy atom. The number of alkyl halides is 3. The standard InChI is InChI=1S/C21H18F3NO2/c22-21(23,24)18-3-1-2-16(14-18)5-4-15-6-8-17(9-7-15)20(27)25-12-10-19(26)11-13-25/h1-3,6-9,14,19,26H,10-13H2. The van der Waals surface area contributed by atoms with E-state index in [1.54, 1.807) is 29.2 Å². The molecule has 6 heteroatoms. The summed E-state index contributed by atoms with van der Waals surface area (Å²) in [6.07, 6.45) is -3.59. The maximum atomic E-state index is 12.7. The summed E-state index contributed by atoms with van der Waals surface area (Å²) >= 11 is 0. The minimum absolute atomic E-state index is 0.0979. The molecule has 0 aromatic heterocycles. The molecule has 0 atom stereocenters. The monoisotopic (exact) mass is 373 g/mol. The molecule has 27 heavy (non-hydrogen) atoms. The molecule has 3 nitrogen and oxygen atoms in total. The third-order valence-electron chi connectivity index (χ3n) is 4.42. The van der Waals surface area contributed by atoms with E-state index in [0.29, 0.717) is 37.1 Å². The summed E-state index contributed by atoms with van der Waals surface area (Å²) in [6, 6.07) is 11.5. The van der Waals surface area contributed by atoms with E-state index in [1.807, 2.05) is 0 Å². The average Bonchev–Trinajstić information content (AvgIpc) is 2.66. The molecule has 1 aliphatic heterocycles. The molecule has 1 aliphatic rings. The molecule has 140 valence electrons. The Morgan fingerprint density at radius 1 is 1.00 bits per heavy atom. The molecule has 1 fully saturated rings. The van der Waals surface area contributed by atoms with Gasteiger partial charge in [-0.2, -0.15) is 13.2 Å². The summed E-state index contributed by atoms with van der Waals surface area (Å²) in [4.78, 5) is 14.1. The van der Waals surface area contributed by atoms with Crippen molar-refractivity contribution in [3.8, 4) is 11.8 Å². The number of hydrogen-bond acceptors (Lipinski definition) is 2. The summed E-state index contributed by atoms with van der Waals surface area (Å²) in [6.45, 7) is 1.05. The SMILES string of the molecule is O=C(c1ccc(C#Cc2cccc(C(F)(F)F)c2)cc1)N1CCC(O)CC1. The first-order valence-electron chi connectivity index (χ1n) is 8.59. The summed E-state index contributed by atoms with van der Waals surface area (Å²) in [5.74, 6) is 5.44. The van der Waals surface area contributed by atoms with E-state index >= 15 is 0 Å². The van der Waals surface area contributed by atoms with Gasteiger partial charge in [-0.05, 0) is 55.3 Å². The molecule has 0 spiro atoms. The van der Waals surface area contributed by atoms with Crippen molar-refractivity contribution >= 4 is 5.91 Å². The van der Waals surface area contributed by atoms with E-state index in [1.165, 1.54) is 12.1 Å². The zero-order valence-electron chi connectivity index (χ0n) is 14.5. The second-order valence-electron chi connectivity index (χ2n) is 6.43. The van der Waals surface area contributed by atoms with Crippen molar-refractivity contribution in [3.63, 3.8) is 0 Å². The molecular formula is C21H18F3NO2. The van der Waals surface area contributed by atoms with Crippen LogP contribution in [-0.4, -0.2) is 35.1 Å². The van der Waals surface area contributed by atoms with Gasteiger partial charge < -0.3 is 10.0 Å². The van der Waals surface area contributed by atoms with Crippen molar-refractivity contribution in [2.75, 3.05) is 13.1 Å². The average molecular weight is 373 g/mol. The summed E-state index contributed by atoms with van der Waals surface area (Å²) in [5, 5.41) is 9.51. The number of rotatable bonds is 1. The number of piperidine rings is 1. The first-order valence-corrected chi connectivity index (χ1v) is 8.59. The second-order valence-corrected chi connectivity index (χ2v) is 6.43. The van der Waals surface area contributed by atoms with Gasteiger partial charge in [-0.1, -0.05) is 17.9 Å². The normalized spacial score (nSPS) is 15.2. The Kier molecular flexibility index (Phi) is 5.52. The van der Waals surface area contributed by atoms with E-state index in [0.717, 1.165) is 12.1 Å². The third kappa shape index (κ3) is 4.89. The molecule has 2 aromatic carbocycles. The molecule has 3 rings (SSSR count). The van der Waals surface area contributed by atoms with Gasteiger partial charge in [0.2, 0.25) is 0 Å². The number of hydrogen-bond donors (Lipinski definition) is 1. The first kappa shape index (κ1) is 19.0. The smallest absolute Gasteiger partial charge is 0.393 e. The van der Waals surface area contributed by atoms with Crippen molar-refractivity contribution in [1.29, 1.82) is 0 Å². The van der Waals surface area contributed by atoms with Gasteiger partial charge in [0.25, 0.3) is 5.91 Å². The van der Waals surface area contributed by atoms with Gasteiger partial charge in [-0.15, -0.1) is 0 Å². The number of amides is 1. The summed E-state index contributed by atoms with van der Waals surface area (Å²) in [7, 11) is 0. The number of benzene rings is 2. The van der Waals surface area contributed by atoms with Crippen molar-refractivity contribution in [3.05, 3.63) is 70.8 Å². The topological polar surface area (TPSA) is 40.5 Å². The number of carbonyl (C=O) groups is 1. The highest BCUT2D eigenvalue weighted by atomic mass is 19.4. The number of halogens is 3. The Labute approximate surface area is 155 Å². The lowest BCUT2D eigenvalue weighted by atomic mass is 10.1. The fourth-order valence-electron chi connectivity index (χ4n) is 2.87. The fraction of sp³-hybridized carbons (Fsp3) is 0.286. The van der Waals surface area contributed by atoms with Crippen LogP contribution in [0.3, 0.4) is 0 Å². The number of carbonyl (C=O) groups excluding carboxylic acids is 1. The highest BCUT2D eigenvalue weighted by Crippen LogP contribution is 2.29. The van der Waals surface area contributed by atoms with Crippen molar-refractivity contribution in [2.24, 2.45) is 0 Å². The van der Waals surface area contributed by atoms with Crippen LogP contribution in [0, 0.1) is 11.8 Å². The first-order chi connectivity index (χ1) is 12.8. The Hall–Kier alpha value is -2.78. The predicted molar refractivity (Wildman–Crippen MR) is 95.0 cm³/mol. The zero-order chi connectivity index (χ0) is 19.4. The Bertz CT molecular complexity index is 871. The van der Waals surface area contributed by atoms with Crippen molar-refractivity contribution in [1.82, 2.24) is 4.90 Å². The van der Waals surface area contributed by atoms with Crippen LogP contribution >= 0.6 is 0 Å². The lowest BCUT2D eigenvalue weighted by Gasteiger charge is -2.29. The van der Waals surface area contributed by atoms with Crippen LogP contribution in [0.1, 0.15) is 39.9 Å². The van der Waals surface area contributed by atoms with Crippen LogP contribution < -0.4 is 0 Å². The van der Waals surface area contributed by atoms with Gasteiger partial charge in [0.05, 0.1) is 11.7 Å². The van der Waals surface area contributed by atoms with E-state index in [4.69, 9.17) is 0 Å². The quantitative estimate of drug-likeness (QED) is 0.775. The highest BCUT2D eigenvalue weighted by Gasteiger charge is 2.30. The maximum Gasteiger partial charge on any atom is 0.416 e. The van der Waals surface area contributed by atoms with Gasteiger partial charge in [0.15, 0.2) is 0 Å². The molecule has 2 aromatic rings. The van der Waals surface area contributed by atoms with Crippen LogP contribution in [0.4, 0.5) is 13.2 Å². The molecule has 0 saturated carbocycles.